The molecule has 0 saturated heterocycles. The van der Waals surface area contributed by atoms with Crippen molar-refractivity contribution in [1.82, 2.24) is 0 Å². The molecule has 2 atom stereocenters. The summed E-state index contributed by atoms with van der Waals surface area (Å²) in [5, 5.41) is 19.0. The molecular weight excluding hydrogens is 376 g/mol. The van der Waals surface area contributed by atoms with E-state index >= 15 is 0 Å². The molecule has 30 heavy (non-hydrogen) atoms. The standard InChI is InChI=1S/C26H50O4/c1-4-7-9-17-21-26(25(29)30,23(6-3)19-15-8-5-2)22-18-14-12-10-11-13-16-20-24(27)28/h23H,4-22H2,1-3H3,(H,27,28)(H,29,30). The smallest absolute Gasteiger partial charge is 0.309 e. The molecule has 0 rings (SSSR count). The van der Waals surface area contributed by atoms with Crippen LogP contribution >= 0.6 is 0 Å². The maximum absolute atomic E-state index is 12.6. The number of carbonyl (C=O) groups is 2. The van der Waals surface area contributed by atoms with Crippen LogP contribution in [0.1, 0.15) is 143 Å². The fourth-order valence-corrected chi connectivity index (χ4v) is 4.90. The maximum atomic E-state index is 12.6. The number of hydrogen-bond acceptors (Lipinski definition) is 2. The van der Waals surface area contributed by atoms with Gasteiger partial charge in [0.15, 0.2) is 0 Å². The van der Waals surface area contributed by atoms with Crippen molar-refractivity contribution >= 4 is 11.9 Å². The van der Waals surface area contributed by atoms with Gasteiger partial charge in [0.05, 0.1) is 5.41 Å². The van der Waals surface area contributed by atoms with Crippen LogP contribution in [-0.2, 0) is 9.59 Å². The van der Waals surface area contributed by atoms with Crippen LogP contribution in [0.5, 0.6) is 0 Å². The zero-order valence-corrected chi connectivity index (χ0v) is 20.2. The van der Waals surface area contributed by atoms with Crippen molar-refractivity contribution in [3.05, 3.63) is 0 Å². The van der Waals surface area contributed by atoms with Gasteiger partial charge < -0.3 is 10.2 Å². The summed E-state index contributed by atoms with van der Waals surface area (Å²) in [6.07, 6.45) is 19.2. The molecule has 0 aliphatic heterocycles. The average Bonchev–Trinajstić information content (AvgIpc) is 2.71. The van der Waals surface area contributed by atoms with Crippen LogP contribution in [0.3, 0.4) is 0 Å². The summed E-state index contributed by atoms with van der Waals surface area (Å²) >= 11 is 0. The maximum Gasteiger partial charge on any atom is 0.309 e. The van der Waals surface area contributed by atoms with Gasteiger partial charge in [0, 0.05) is 6.42 Å². The average molecular weight is 427 g/mol. The lowest BCUT2D eigenvalue weighted by molar-refractivity contribution is -0.155. The Morgan fingerprint density at radius 2 is 1.13 bits per heavy atom. The highest BCUT2D eigenvalue weighted by molar-refractivity contribution is 5.75. The van der Waals surface area contributed by atoms with Crippen LogP contribution < -0.4 is 0 Å². The first-order valence-electron chi connectivity index (χ1n) is 12.9. The predicted octanol–water partition coefficient (Wildman–Crippen LogP) is 8.23. The molecule has 0 aromatic carbocycles. The second kappa shape index (κ2) is 18.7. The first kappa shape index (κ1) is 28.9. The van der Waals surface area contributed by atoms with E-state index in [0.29, 0.717) is 5.92 Å². The molecule has 0 aliphatic carbocycles. The lowest BCUT2D eigenvalue weighted by Crippen LogP contribution is -2.39. The summed E-state index contributed by atoms with van der Waals surface area (Å²) in [6, 6.07) is 0. The van der Waals surface area contributed by atoms with Crippen molar-refractivity contribution < 1.29 is 19.8 Å². The minimum absolute atomic E-state index is 0.273. The van der Waals surface area contributed by atoms with Crippen molar-refractivity contribution in [2.45, 2.75) is 143 Å². The minimum Gasteiger partial charge on any atom is -0.481 e. The molecule has 2 N–H and O–H groups in total. The summed E-state index contributed by atoms with van der Waals surface area (Å²) in [5.74, 6) is -0.974. The molecule has 0 spiro atoms. The Kier molecular flexibility index (Phi) is 18.0. The topological polar surface area (TPSA) is 74.6 Å². The van der Waals surface area contributed by atoms with Crippen LogP contribution in [0.15, 0.2) is 0 Å². The van der Waals surface area contributed by atoms with Crippen molar-refractivity contribution in [2.24, 2.45) is 11.3 Å². The lowest BCUT2D eigenvalue weighted by Gasteiger charge is -2.38. The number of hydrogen-bond donors (Lipinski definition) is 2. The molecule has 0 aliphatic rings. The largest absolute Gasteiger partial charge is 0.481 e. The number of unbranched alkanes of at least 4 members (excludes halogenated alkanes) is 11. The molecule has 4 heteroatoms. The van der Waals surface area contributed by atoms with Gasteiger partial charge in [-0.15, -0.1) is 0 Å². The minimum atomic E-state index is -0.705. The Hall–Kier alpha value is -1.06. The van der Waals surface area contributed by atoms with Gasteiger partial charge in [-0.25, -0.2) is 0 Å². The SMILES string of the molecule is CCCCCCC(CCCCCCCCCC(=O)O)(C(=O)O)C(CC)CCCCC. The lowest BCUT2D eigenvalue weighted by atomic mass is 9.65. The normalized spacial score (nSPS) is 14.4. The van der Waals surface area contributed by atoms with Crippen molar-refractivity contribution in [2.75, 3.05) is 0 Å². The monoisotopic (exact) mass is 426 g/mol. The third-order valence-corrected chi connectivity index (χ3v) is 6.85. The first-order valence-corrected chi connectivity index (χ1v) is 12.9. The summed E-state index contributed by atoms with van der Waals surface area (Å²) in [6.45, 7) is 6.58. The van der Waals surface area contributed by atoms with E-state index in [-0.39, 0.29) is 6.42 Å². The Balaban J connectivity index is 4.68. The molecule has 0 bridgehead atoms. The van der Waals surface area contributed by atoms with E-state index in [1.807, 2.05) is 0 Å². The van der Waals surface area contributed by atoms with E-state index in [9.17, 15) is 14.7 Å². The van der Waals surface area contributed by atoms with Gasteiger partial charge in [0.25, 0.3) is 0 Å². The molecule has 0 amide bonds. The van der Waals surface area contributed by atoms with E-state index < -0.39 is 17.4 Å². The van der Waals surface area contributed by atoms with E-state index in [0.717, 1.165) is 89.9 Å². The van der Waals surface area contributed by atoms with Gasteiger partial charge in [-0.2, -0.15) is 0 Å². The zero-order chi connectivity index (χ0) is 22.7. The molecule has 0 aromatic rings. The highest BCUT2D eigenvalue weighted by Gasteiger charge is 2.43. The molecule has 0 fully saturated rings. The van der Waals surface area contributed by atoms with E-state index in [2.05, 4.69) is 20.8 Å². The van der Waals surface area contributed by atoms with Crippen LogP contribution in [-0.4, -0.2) is 22.2 Å². The highest BCUT2D eigenvalue weighted by atomic mass is 16.4. The van der Waals surface area contributed by atoms with Crippen molar-refractivity contribution in [3.63, 3.8) is 0 Å². The van der Waals surface area contributed by atoms with Gasteiger partial charge in [0.2, 0.25) is 0 Å². The Bertz CT molecular complexity index is 435. The van der Waals surface area contributed by atoms with E-state index in [4.69, 9.17) is 5.11 Å². The summed E-state index contributed by atoms with van der Waals surface area (Å²) in [7, 11) is 0. The number of rotatable bonds is 22. The number of aliphatic carboxylic acids is 2. The van der Waals surface area contributed by atoms with Crippen molar-refractivity contribution in [3.8, 4) is 0 Å². The van der Waals surface area contributed by atoms with Gasteiger partial charge >= 0.3 is 11.9 Å². The Morgan fingerprint density at radius 1 is 0.667 bits per heavy atom. The molecule has 178 valence electrons. The van der Waals surface area contributed by atoms with Crippen LogP contribution in [0.25, 0.3) is 0 Å². The number of carboxylic acid groups (broad SMARTS) is 2. The third-order valence-electron chi connectivity index (χ3n) is 6.85. The molecule has 0 heterocycles. The first-order chi connectivity index (χ1) is 14.4. The fourth-order valence-electron chi connectivity index (χ4n) is 4.90. The molecule has 0 radical (unpaired) electrons. The van der Waals surface area contributed by atoms with Crippen LogP contribution in [0, 0.1) is 11.3 Å². The third kappa shape index (κ3) is 12.6. The Morgan fingerprint density at radius 3 is 1.60 bits per heavy atom. The van der Waals surface area contributed by atoms with Crippen LogP contribution in [0.4, 0.5) is 0 Å². The van der Waals surface area contributed by atoms with Crippen LogP contribution in [0.2, 0.25) is 0 Å². The van der Waals surface area contributed by atoms with Gasteiger partial charge in [-0.05, 0) is 31.6 Å². The van der Waals surface area contributed by atoms with Gasteiger partial charge in [0.1, 0.15) is 0 Å². The second-order valence-corrected chi connectivity index (χ2v) is 9.24. The summed E-state index contributed by atoms with van der Waals surface area (Å²) in [4.78, 5) is 23.1. The Labute approximate surface area is 186 Å². The van der Waals surface area contributed by atoms with Gasteiger partial charge in [-0.3, -0.25) is 9.59 Å². The molecular formula is C26H50O4. The molecule has 2 unspecified atom stereocenters. The quantitative estimate of drug-likeness (QED) is 0.171. The summed E-state index contributed by atoms with van der Waals surface area (Å²) in [5.41, 5.74) is -0.544. The van der Waals surface area contributed by atoms with E-state index in [1.165, 1.54) is 25.7 Å². The molecule has 4 nitrogen and oxygen atoms in total. The highest BCUT2D eigenvalue weighted by Crippen LogP contribution is 2.44. The second-order valence-electron chi connectivity index (χ2n) is 9.24. The van der Waals surface area contributed by atoms with E-state index in [1.54, 1.807) is 0 Å². The number of carboxylic acids is 2. The predicted molar refractivity (Wildman–Crippen MR) is 126 cm³/mol. The molecule has 0 aromatic heterocycles. The fraction of sp³-hybridized carbons (Fsp3) is 0.923. The molecule has 0 saturated carbocycles. The van der Waals surface area contributed by atoms with Crippen molar-refractivity contribution in [1.29, 1.82) is 0 Å². The van der Waals surface area contributed by atoms with Gasteiger partial charge in [-0.1, -0.05) is 111 Å². The summed E-state index contributed by atoms with van der Waals surface area (Å²) < 4.78 is 0. The zero-order valence-electron chi connectivity index (χ0n) is 20.2.